The Hall–Kier alpha value is -8.52. The molecule has 0 radical (unpaired) electrons. The monoisotopic (exact) mass is 1490 g/mol. The summed E-state index contributed by atoms with van der Waals surface area (Å²) >= 11 is 0. The first-order chi connectivity index (χ1) is 50.2. The predicted octanol–water partition coefficient (Wildman–Crippen LogP) is 6.13. The van der Waals surface area contributed by atoms with Crippen molar-refractivity contribution < 1.29 is 67.4 Å². The first-order valence-electron chi connectivity index (χ1n) is 38.2. The van der Waals surface area contributed by atoms with E-state index >= 15 is 43.2 Å². The number of nitrogens with one attached hydrogen (secondary N) is 5. The minimum Gasteiger partial charge on any atom is -0.391 e. The van der Waals surface area contributed by atoms with Gasteiger partial charge in [0.1, 0.15) is 66.5 Å². The average molecular weight is 1490 g/mol. The molecule has 12 amide bonds. The predicted molar refractivity (Wildman–Crippen MR) is 413 cm³/mol. The van der Waals surface area contributed by atoms with Crippen molar-refractivity contribution in [3.05, 3.63) is 96.2 Å². The Labute approximate surface area is 635 Å². The van der Waals surface area contributed by atoms with Crippen LogP contribution in [0.3, 0.4) is 0 Å². The summed E-state index contributed by atoms with van der Waals surface area (Å²) in [4.78, 5) is 190. The minimum absolute atomic E-state index is 0.0149. The van der Waals surface area contributed by atoms with E-state index in [4.69, 9.17) is 4.74 Å². The molecule has 2 aliphatic heterocycles. The van der Waals surface area contributed by atoms with Crippen LogP contribution in [-0.4, -0.2) is 250 Å². The molecule has 6 aliphatic rings. The van der Waals surface area contributed by atoms with Gasteiger partial charge < -0.3 is 70.7 Å². The summed E-state index contributed by atoms with van der Waals surface area (Å²) in [6.45, 7) is 32.3. The van der Waals surface area contributed by atoms with Crippen LogP contribution in [0, 0.1) is 23.7 Å². The molecule has 4 unspecified atom stereocenters. The van der Waals surface area contributed by atoms with Gasteiger partial charge in [0, 0.05) is 67.7 Å². The molecule has 2 saturated heterocycles. The molecule has 2 saturated carbocycles. The Kier molecular flexibility index (Phi) is 33.8. The molecule has 26 heteroatoms. The van der Waals surface area contributed by atoms with Gasteiger partial charge in [0.05, 0.1) is 24.7 Å². The van der Waals surface area contributed by atoms with E-state index in [9.17, 15) is 19.5 Å². The van der Waals surface area contributed by atoms with Crippen molar-refractivity contribution in [3.63, 3.8) is 0 Å². The molecule has 594 valence electrons. The normalized spacial score (nSPS) is 27.1. The zero-order valence-corrected chi connectivity index (χ0v) is 67.1. The smallest absolute Gasteiger partial charge is 0.248 e. The van der Waals surface area contributed by atoms with Gasteiger partial charge in [0.2, 0.25) is 70.9 Å². The number of allylic oxidation sites excluding steroid dienone is 11. The topological polar surface area (TPSA) is 317 Å². The minimum atomic E-state index is -1.75. The van der Waals surface area contributed by atoms with Crippen molar-refractivity contribution in [1.29, 1.82) is 0 Å². The molecule has 0 aromatic rings. The van der Waals surface area contributed by atoms with Crippen molar-refractivity contribution in [1.82, 2.24) is 60.9 Å². The Morgan fingerprint density at radius 1 is 0.551 bits per heavy atom. The highest BCUT2D eigenvalue weighted by atomic mass is 16.5. The number of nitrogens with zero attached hydrogens (tertiary/aromatic N) is 7. The third-order valence-corrected chi connectivity index (χ3v) is 21.2. The van der Waals surface area contributed by atoms with Crippen LogP contribution in [0.5, 0.6) is 0 Å². The number of aliphatic hydroxyl groups is 1. The molecule has 2 heterocycles. The molecule has 0 aromatic carbocycles. The Bertz CT molecular complexity index is 3400. The number of hydrogen-bond acceptors (Lipinski definition) is 14. The van der Waals surface area contributed by atoms with E-state index in [0.29, 0.717) is 31.5 Å². The zero-order valence-electron chi connectivity index (χ0n) is 67.1. The highest BCUT2D eigenvalue weighted by Gasteiger charge is 2.47. The van der Waals surface area contributed by atoms with Crippen molar-refractivity contribution >= 4 is 70.9 Å². The van der Waals surface area contributed by atoms with Crippen molar-refractivity contribution in [2.45, 2.75) is 258 Å². The van der Waals surface area contributed by atoms with Gasteiger partial charge in [-0.25, -0.2) is 0 Å². The third kappa shape index (κ3) is 24.2. The number of rotatable bonds is 20. The van der Waals surface area contributed by atoms with E-state index in [1.807, 2.05) is 41.5 Å². The number of carbonyl (C=O) groups is 12. The molecule has 4 aliphatic carbocycles. The van der Waals surface area contributed by atoms with Crippen LogP contribution < -0.4 is 26.6 Å². The van der Waals surface area contributed by atoms with Gasteiger partial charge in [-0.3, -0.25) is 57.5 Å². The molecule has 107 heavy (non-hydrogen) atoms. The van der Waals surface area contributed by atoms with Crippen LogP contribution >= 0.6 is 0 Å². The molecule has 6 N–H and O–H groups in total. The van der Waals surface area contributed by atoms with Crippen LogP contribution in [0.2, 0.25) is 0 Å². The lowest BCUT2D eigenvalue weighted by atomic mass is 9.59. The lowest BCUT2D eigenvalue weighted by Crippen LogP contribution is -2.63. The number of hydrogen-bond donors (Lipinski definition) is 6. The number of carbonyl (C=O) groups excluding carboxylic acids is 12. The molecule has 6 rings (SSSR count). The second kappa shape index (κ2) is 40.6. The fraction of sp³-hybridized carbons (Fsp3) is 0.654. The number of likely N-dealkylation sites (tertiary alicyclic amines) is 1. The standard InChI is InChI=1S/C81H126N12O14/c1-22-25-26-27-29-36-63-70(96)84-61(78(104)93-37-30-28-31-38-93)46-68(95)82-51(10)74(100)92(21)67(41-50(8)9)79(105)87(16)52(11)75(101)89(18)66(45-59-57-44-58(59)56-35-32-34-55(57)43-56)72(98)85-62(47-107-81(13,14)15)77(103)91(20)65(42-54(24-3)33-23-2)71(97)83-60(39-48(4)5)76(102)90(19)64(40-49(6)7)73(99)86-69(53(12)94)80(106)88(63)17/h22-27,29,33,48-53,59-67,69,94H,1-3,28,30-32,34-47H2,4-21H3,(H,82,95)(H,83,97)(H,84,96)(H,85,98)(H,86,99)/b26-25-,29-27+,54-33+/t51?,52-,53?,60-,61?,62-,63-,64-,65-,66-,67-,69?/m0/s1. The van der Waals surface area contributed by atoms with E-state index in [-0.39, 0.29) is 62.2 Å². The second-order valence-electron chi connectivity index (χ2n) is 32.0. The molecule has 4 bridgehead atoms. The quantitative estimate of drug-likeness (QED) is 0.0590. The van der Waals surface area contributed by atoms with Gasteiger partial charge in [0.15, 0.2) is 0 Å². The van der Waals surface area contributed by atoms with Gasteiger partial charge in [-0.2, -0.15) is 0 Å². The summed E-state index contributed by atoms with van der Waals surface area (Å²) in [7, 11) is 8.41. The lowest BCUT2D eigenvalue weighted by Gasteiger charge is -2.47. The zero-order chi connectivity index (χ0) is 80.2. The maximum atomic E-state index is 15.7. The second-order valence-corrected chi connectivity index (χ2v) is 32.0. The summed E-state index contributed by atoms with van der Waals surface area (Å²) in [6.07, 6.45) is 16.8. The van der Waals surface area contributed by atoms with Gasteiger partial charge in [-0.1, -0.05) is 132 Å². The van der Waals surface area contributed by atoms with Gasteiger partial charge in [0.25, 0.3) is 0 Å². The van der Waals surface area contributed by atoms with Gasteiger partial charge in [-0.15, -0.1) is 0 Å². The number of amides is 12. The van der Waals surface area contributed by atoms with Crippen LogP contribution in [0.25, 0.3) is 0 Å². The van der Waals surface area contributed by atoms with E-state index in [1.165, 1.54) is 133 Å². The molecule has 0 aromatic heterocycles. The van der Waals surface area contributed by atoms with Crippen molar-refractivity contribution in [2.24, 2.45) is 23.7 Å². The van der Waals surface area contributed by atoms with E-state index in [0.717, 1.165) is 43.4 Å². The van der Waals surface area contributed by atoms with Crippen LogP contribution in [0.15, 0.2) is 96.2 Å². The first kappa shape index (κ1) is 89.1. The Morgan fingerprint density at radius 2 is 1.07 bits per heavy atom. The van der Waals surface area contributed by atoms with Gasteiger partial charge >= 0.3 is 0 Å². The molecule has 0 spiro atoms. The Balaban J connectivity index is 1.73. The fourth-order valence-corrected chi connectivity index (χ4v) is 14.7. The molecular formula is C81H126N12O14. The summed E-state index contributed by atoms with van der Waals surface area (Å²) < 4.78 is 6.31. The van der Waals surface area contributed by atoms with Crippen LogP contribution in [0.4, 0.5) is 0 Å². The summed E-state index contributed by atoms with van der Waals surface area (Å²) in [5, 5.41) is 25.5. The highest BCUT2D eigenvalue weighted by Crippen LogP contribution is 2.55. The molecule has 12 atom stereocenters. The van der Waals surface area contributed by atoms with Crippen LogP contribution in [-0.2, 0) is 62.3 Å². The Morgan fingerprint density at radius 3 is 1.64 bits per heavy atom. The van der Waals surface area contributed by atoms with Crippen LogP contribution in [0.1, 0.15) is 179 Å². The first-order valence-corrected chi connectivity index (χ1v) is 38.2. The maximum Gasteiger partial charge on any atom is 0.248 e. The largest absolute Gasteiger partial charge is 0.391 e. The number of aliphatic hydroxyl groups excluding tert-OH is 1. The third-order valence-electron chi connectivity index (χ3n) is 21.2. The van der Waals surface area contributed by atoms with E-state index in [2.05, 4.69) is 46.3 Å². The molecule has 4 fully saturated rings. The lowest BCUT2D eigenvalue weighted by molar-refractivity contribution is -0.152. The summed E-state index contributed by atoms with van der Waals surface area (Å²) in [6, 6.07) is -15.4. The van der Waals surface area contributed by atoms with Crippen molar-refractivity contribution in [3.8, 4) is 0 Å². The van der Waals surface area contributed by atoms with E-state index in [1.54, 1.807) is 51.2 Å². The number of likely N-dealkylation sites (N-methyl/N-ethyl adjacent to an activating group) is 6. The maximum absolute atomic E-state index is 15.7. The van der Waals surface area contributed by atoms with Gasteiger partial charge in [-0.05, 0) is 148 Å². The summed E-state index contributed by atoms with van der Waals surface area (Å²) in [5.41, 5.74) is 4.68. The summed E-state index contributed by atoms with van der Waals surface area (Å²) in [5.74, 6) is -9.99. The number of piperidine rings is 1. The van der Waals surface area contributed by atoms with Crippen molar-refractivity contribution in [2.75, 3.05) is 62.0 Å². The fourth-order valence-electron chi connectivity index (χ4n) is 14.7. The SMILES string of the molecule is C=C/C=C\C=C\C[C@H]1C(=O)NC(C(=O)N2CCCCC2)CC(=O)NC(C)C(=O)N(C)[C@@H](CC(C)C)C(=O)N(C)[C@@H](C)C(=O)N(C)[C@@H](CC2C3=C4CCCC(=C2C3)C4)C(=O)N[C@@H](COC(C)(C)C)C(=O)N(C)[C@@H](C/C(C=C)=C/C=C)C(=O)N[C@@H](CC(C)C)C(=O)N(C)[C@@H](CC(C)C)C(=O)NC(C(C)O)C(=O)N1C. The number of ether oxygens (including phenoxy) is 1. The van der Waals surface area contributed by atoms with E-state index < -0.39 is 162 Å². The average Bonchev–Trinajstić information content (AvgIpc) is 0.732. The molecular weight excluding hydrogens is 1360 g/mol. The highest BCUT2D eigenvalue weighted by molar-refractivity contribution is 6.00. The molecule has 26 nitrogen and oxygen atoms in total.